The minimum absolute atomic E-state index is 0.0308. The molecule has 0 saturated carbocycles. The van der Waals surface area contributed by atoms with Gasteiger partial charge in [-0.2, -0.15) is 0 Å². The van der Waals surface area contributed by atoms with Crippen LogP contribution in [0, 0.1) is 12.8 Å². The summed E-state index contributed by atoms with van der Waals surface area (Å²) in [6.45, 7) is 3.07. The predicted octanol–water partition coefficient (Wildman–Crippen LogP) is 3.95. The summed E-state index contributed by atoms with van der Waals surface area (Å²) < 4.78 is 10.7. The van der Waals surface area contributed by atoms with Gasteiger partial charge in [0.05, 0.1) is 26.3 Å². The normalized spacial score (nSPS) is 14.0. The van der Waals surface area contributed by atoms with Gasteiger partial charge in [-0.05, 0) is 49.6 Å². The first-order valence-corrected chi connectivity index (χ1v) is 12.0. The summed E-state index contributed by atoms with van der Waals surface area (Å²) in [4.78, 5) is 36.1. The number of ether oxygens (including phenoxy) is 2. The second-order valence-electron chi connectivity index (χ2n) is 8.26. The van der Waals surface area contributed by atoms with Gasteiger partial charge in [0.1, 0.15) is 10.8 Å². The first kappa shape index (κ1) is 23.7. The molecule has 0 aliphatic carbocycles. The smallest absolute Gasteiger partial charge is 0.228 e. The Kier molecular flexibility index (Phi) is 7.42. The molecular formula is C25H28N4O4S. The number of thiazole rings is 1. The number of aryl methyl sites for hydroxylation is 1. The Balaban J connectivity index is 1.30. The quantitative estimate of drug-likeness (QED) is 0.550. The number of benzene rings is 1. The molecule has 0 bridgehead atoms. The molecule has 9 heteroatoms. The molecule has 1 saturated heterocycles. The van der Waals surface area contributed by atoms with E-state index in [-0.39, 0.29) is 24.2 Å². The van der Waals surface area contributed by atoms with Gasteiger partial charge in [0.25, 0.3) is 0 Å². The van der Waals surface area contributed by atoms with E-state index in [2.05, 4.69) is 15.3 Å². The van der Waals surface area contributed by atoms with Crippen LogP contribution in [-0.2, 0) is 16.0 Å². The van der Waals surface area contributed by atoms with Crippen LogP contribution in [0.1, 0.15) is 24.1 Å². The van der Waals surface area contributed by atoms with Crippen molar-refractivity contribution in [3.8, 4) is 22.1 Å². The number of nitrogens with zero attached hydrogens (tertiary/aromatic N) is 3. The monoisotopic (exact) mass is 480 g/mol. The van der Waals surface area contributed by atoms with Crippen LogP contribution < -0.4 is 14.8 Å². The van der Waals surface area contributed by atoms with Crippen molar-refractivity contribution in [2.75, 3.05) is 32.6 Å². The highest BCUT2D eigenvalue weighted by atomic mass is 32.1. The third-order valence-corrected chi connectivity index (χ3v) is 6.84. The molecule has 1 fully saturated rings. The molecule has 2 amide bonds. The Labute approximate surface area is 202 Å². The predicted molar refractivity (Wildman–Crippen MR) is 131 cm³/mol. The van der Waals surface area contributed by atoms with E-state index >= 15 is 0 Å². The zero-order valence-corrected chi connectivity index (χ0v) is 20.4. The number of methoxy groups -OCH3 is 2. The van der Waals surface area contributed by atoms with Crippen molar-refractivity contribution in [3.63, 3.8) is 0 Å². The van der Waals surface area contributed by atoms with Crippen molar-refractivity contribution in [2.24, 2.45) is 5.92 Å². The molecule has 1 N–H and O–H groups in total. The Morgan fingerprint density at radius 1 is 1.12 bits per heavy atom. The number of carbonyl (C=O) groups excluding carboxylic acids is 2. The lowest BCUT2D eigenvalue weighted by atomic mass is 9.95. The van der Waals surface area contributed by atoms with Crippen LogP contribution in [-0.4, -0.2) is 54.0 Å². The van der Waals surface area contributed by atoms with Crippen LogP contribution in [0.15, 0.2) is 41.9 Å². The SMILES string of the molecule is COc1ccc(-c2nc(CC(=O)N3CCC(C(=O)Nc4ccc(C)cn4)CC3)cs2)cc1OC. The molecule has 34 heavy (non-hydrogen) atoms. The maximum atomic E-state index is 12.8. The number of rotatable bonds is 7. The lowest BCUT2D eigenvalue weighted by molar-refractivity contribution is -0.133. The summed E-state index contributed by atoms with van der Waals surface area (Å²) in [5.41, 5.74) is 2.70. The van der Waals surface area contributed by atoms with Gasteiger partial charge in [-0.15, -0.1) is 11.3 Å². The fourth-order valence-corrected chi connectivity index (χ4v) is 4.73. The standard InChI is InChI=1S/C25H28N4O4S/c1-16-4-7-22(26-14-16)28-24(31)17-8-10-29(11-9-17)23(30)13-19-15-34-25(27-19)18-5-6-20(32-2)21(12-18)33-3/h4-7,12,14-15,17H,8-11,13H2,1-3H3,(H,26,28,31). The number of carbonyl (C=O) groups is 2. The van der Waals surface area contributed by atoms with Crippen molar-refractivity contribution in [2.45, 2.75) is 26.2 Å². The highest BCUT2D eigenvalue weighted by Crippen LogP contribution is 2.33. The van der Waals surface area contributed by atoms with E-state index in [1.165, 1.54) is 11.3 Å². The summed E-state index contributed by atoms with van der Waals surface area (Å²) >= 11 is 1.49. The zero-order valence-electron chi connectivity index (χ0n) is 19.5. The summed E-state index contributed by atoms with van der Waals surface area (Å²) in [5, 5.41) is 5.62. The number of anilines is 1. The average Bonchev–Trinajstić information content (AvgIpc) is 3.33. The number of aromatic nitrogens is 2. The van der Waals surface area contributed by atoms with Gasteiger partial charge >= 0.3 is 0 Å². The van der Waals surface area contributed by atoms with E-state index in [1.54, 1.807) is 26.5 Å². The third-order valence-electron chi connectivity index (χ3n) is 5.90. The maximum Gasteiger partial charge on any atom is 0.228 e. The van der Waals surface area contributed by atoms with E-state index in [0.29, 0.717) is 43.2 Å². The number of nitrogens with one attached hydrogen (secondary N) is 1. The van der Waals surface area contributed by atoms with Crippen molar-refractivity contribution in [1.29, 1.82) is 0 Å². The summed E-state index contributed by atoms with van der Waals surface area (Å²) in [6, 6.07) is 9.36. The molecule has 0 radical (unpaired) electrons. The average molecular weight is 481 g/mol. The number of amides is 2. The second-order valence-corrected chi connectivity index (χ2v) is 9.11. The van der Waals surface area contributed by atoms with Gasteiger partial charge < -0.3 is 19.7 Å². The Morgan fingerprint density at radius 3 is 2.56 bits per heavy atom. The largest absolute Gasteiger partial charge is 0.493 e. The number of piperidine rings is 1. The number of likely N-dealkylation sites (tertiary alicyclic amines) is 1. The molecule has 1 aliphatic heterocycles. The van der Waals surface area contributed by atoms with Crippen molar-refractivity contribution >= 4 is 29.0 Å². The summed E-state index contributed by atoms with van der Waals surface area (Å²) in [5.74, 6) is 1.72. The first-order chi connectivity index (χ1) is 16.5. The molecular weight excluding hydrogens is 452 g/mol. The molecule has 8 nitrogen and oxygen atoms in total. The summed E-state index contributed by atoms with van der Waals surface area (Å²) in [6.07, 6.45) is 3.24. The van der Waals surface area contributed by atoms with E-state index < -0.39 is 0 Å². The van der Waals surface area contributed by atoms with E-state index in [0.717, 1.165) is 21.8 Å². The lowest BCUT2D eigenvalue weighted by Gasteiger charge is -2.31. The van der Waals surface area contributed by atoms with Crippen LogP contribution >= 0.6 is 11.3 Å². The highest BCUT2D eigenvalue weighted by molar-refractivity contribution is 7.13. The van der Waals surface area contributed by atoms with Gasteiger partial charge in [-0.1, -0.05) is 6.07 Å². The van der Waals surface area contributed by atoms with Gasteiger partial charge in [0.15, 0.2) is 11.5 Å². The molecule has 178 valence electrons. The number of pyridine rings is 1. The second kappa shape index (κ2) is 10.6. The van der Waals surface area contributed by atoms with Crippen LogP contribution in [0.25, 0.3) is 10.6 Å². The fourth-order valence-electron chi connectivity index (χ4n) is 3.92. The van der Waals surface area contributed by atoms with Gasteiger partial charge in [-0.3, -0.25) is 9.59 Å². The van der Waals surface area contributed by atoms with Gasteiger partial charge in [0, 0.05) is 36.1 Å². The third kappa shape index (κ3) is 5.53. The van der Waals surface area contributed by atoms with Crippen molar-refractivity contribution < 1.29 is 19.1 Å². The Hall–Kier alpha value is -3.46. The van der Waals surface area contributed by atoms with E-state index in [1.807, 2.05) is 41.5 Å². The molecule has 2 aromatic heterocycles. The van der Waals surface area contributed by atoms with Crippen LogP contribution in [0.3, 0.4) is 0 Å². The molecule has 1 aromatic carbocycles. The maximum absolute atomic E-state index is 12.8. The van der Waals surface area contributed by atoms with Crippen LogP contribution in [0.4, 0.5) is 5.82 Å². The summed E-state index contributed by atoms with van der Waals surface area (Å²) in [7, 11) is 3.20. The fraction of sp³-hybridized carbons (Fsp3) is 0.360. The number of hydrogen-bond acceptors (Lipinski definition) is 7. The topological polar surface area (TPSA) is 93.7 Å². The molecule has 0 spiro atoms. The lowest BCUT2D eigenvalue weighted by Crippen LogP contribution is -2.42. The van der Waals surface area contributed by atoms with Crippen molar-refractivity contribution in [3.05, 3.63) is 53.2 Å². The highest BCUT2D eigenvalue weighted by Gasteiger charge is 2.28. The van der Waals surface area contributed by atoms with Gasteiger partial charge in [0.2, 0.25) is 11.8 Å². The molecule has 3 heterocycles. The van der Waals surface area contributed by atoms with Crippen LogP contribution in [0.2, 0.25) is 0 Å². The number of hydrogen-bond donors (Lipinski definition) is 1. The van der Waals surface area contributed by atoms with Gasteiger partial charge in [-0.25, -0.2) is 9.97 Å². The minimum Gasteiger partial charge on any atom is -0.493 e. The first-order valence-electron chi connectivity index (χ1n) is 11.1. The zero-order chi connectivity index (χ0) is 24.1. The van der Waals surface area contributed by atoms with E-state index in [9.17, 15) is 9.59 Å². The molecule has 4 rings (SSSR count). The minimum atomic E-state index is -0.122. The van der Waals surface area contributed by atoms with E-state index in [4.69, 9.17) is 9.47 Å². The van der Waals surface area contributed by atoms with Crippen molar-refractivity contribution in [1.82, 2.24) is 14.9 Å². The van der Waals surface area contributed by atoms with Crippen LogP contribution in [0.5, 0.6) is 11.5 Å². The Morgan fingerprint density at radius 2 is 1.88 bits per heavy atom. The molecule has 1 aliphatic rings. The Bertz CT molecular complexity index is 1150. The molecule has 0 unspecified atom stereocenters. The molecule has 0 atom stereocenters. The molecule has 3 aromatic rings.